The van der Waals surface area contributed by atoms with Gasteiger partial charge in [-0.15, -0.1) is 0 Å². The Labute approximate surface area is 140 Å². The summed E-state index contributed by atoms with van der Waals surface area (Å²) < 4.78 is 80.9. The molecular formula is C14H19F5O6. The van der Waals surface area contributed by atoms with E-state index in [9.17, 15) is 36.6 Å². The predicted molar refractivity (Wildman–Crippen MR) is 71.4 cm³/mol. The maximum absolute atomic E-state index is 14.4. The summed E-state index contributed by atoms with van der Waals surface area (Å²) in [5, 5.41) is 9.47. The van der Waals surface area contributed by atoms with Crippen molar-refractivity contribution in [1.29, 1.82) is 0 Å². The Balaban J connectivity index is 3.21. The molecule has 1 heterocycles. The van der Waals surface area contributed by atoms with Gasteiger partial charge >= 0.3 is 29.8 Å². The predicted octanol–water partition coefficient (Wildman–Crippen LogP) is 2.18. The second-order valence-corrected chi connectivity index (χ2v) is 5.96. The van der Waals surface area contributed by atoms with Gasteiger partial charge in [0.1, 0.15) is 12.7 Å². The van der Waals surface area contributed by atoms with Crippen LogP contribution in [0.3, 0.4) is 0 Å². The molecule has 1 saturated heterocycles. The third kappa shape index (κ3) is 3.43. The molecule has 0 radical (unpaired) electrons. The van der Waals surface area contributed by atoms with E-state index in [-0.39, 0.29) is 0 Å². The highest BCUT2D eigenvalue weighted by molar-refractivity contribution is 5.72. The van der Waals surface area contributed by atoms with E-state index in [0.29, 0.717) is 20.3 Å². The van der Waals surface area contributed by atoms with E-state index in [4.69, 9.17) is 0 Å². The van der Waals surface area contributed by atoms with Crippen molar-refractivity contribution in [3.05, 3.63) is 0 Å². The van der Waals surface area contributed by atoms with E-state index < -0.39 is 54.1 Å². The lowest BCUT2D eigenvalue weighted by Gasteiger charge is -2.36. The normalized spacial score (nSPS) is 33.0. The van der Waals surface area contributed by atoms with E-state index in [1.165, 1.54) is 6.92 Å². The van der Waals surface area contributed by atoms with E-state index in [1.807, 2.05) is 0 Å². The molecule has 1 fully saturated rings. The summed E-state index contributed by atoms with van der Waals surface area (Å²) in [7, 11) is 0. The zero-order valence-electron chi connectivity index (χ0n) is 13.9. The fourth-order valence-electron chi connectivity index (χ4n) is 2.26. The molecule has 4 atom stereocenters. The van der Waals surface area contributed by atoms with Crippen molar-refractivity contribution in [1.82, 2.24) is 0 Å². The van der Waals surface area contributed by atoms with Gasteiger partial charge in [-0.2, -0.15) is 22.0 Å². The molecular weight excluding hydrogens is 359 g/mol. The van der Waals surface area contributed by atoms with Crippen LogP contribution in [-0.4, -0.2) is 53.2 Å². The average Bonchev–Trinajstić information content (AvgIpc) is 2.61. The highest BCUT2D eigenvalue weighted by Crippen LogP contribution is 2.57. The van der Waals surface area contributed by atoms with Gasteiger partial charge in [0.05, 0.1) is 5.92 Å². The van der Waals surface area contributed by atoms with Crippen molar-refractivity contribution in [3.8, 4) is 0 Å². The number of carbonyl (C=O) groups is 2. The van der Waals surface area contributed by atoms with E-state index in [0.717, 1.165) is 0 Å². The van der Waals surface area contributed by atoms with Gasteiger partial charge in [0.15, 0.2) is 0 Å². The molecule has 146 valence electrons. The summed E-state index contributed by atoms with van der Waals surface area (Å²) in [5.41, 5.74) is -3.21. The minimum absolute atomic E-state index is 0.341. The number of rotatable bonds is 5. The second-order valence-electron chi connectivity index (χ2n) is 5.96. The Hall–Kier alpha value is -1.49. The summed E-state index contributed by atoms with van der Waals surface area (Å²) in [6.07, 6.45) is -7.80. The van der Waals surface area contributed by atoms with Gasteiger partial charge in [-0.1, -0.05) is 13.8 Å². The number of hydrogen-bond acceptors (Lipinski definition) is 6. The molecule has 25 heavy (non-hydrogen) atoms. The van der Waals surface area contributed by atoms with Crippen LogP contribution in [0.15, 0.2) is 0 Å². The lowest BCUT2D eigenvalue weighted by Crippen LogP contribution is -2.64. The Morgan fingerprint density at radius 1 is 1.32 bits per heavy atom. The summed E-state index contributed by atoms with van der Waals surface area (Å²) in [6.45, 7) is 3.20. The smallest absolute Gasteiger partial charge is 0.449 e. The van der Waals surface area contributed by atoms with Crippen molar-refractivity contribution < 1.29 is 50.9 Å². The first kappa shape index (κ1) is 21.6. The summed E-state index contributed by atoms with van der Waals surface area (Å²) in [5.74, 6) is -12.8. The summed E-state index contributed by atoms with van der Waals surface area (Å²) in [6, 6.07) is 0. The van der Waals surface area contributed by atoms with Crippen LogP contribution in [-0.2, 0) is 23.8 Å². The van der Waals surface area contributed by atoms with Crippen LogP contribution in [0.4, 0.5) is 22.0 Å². The van der Waals surface area contributed by atoms with Gasteiger partial charge in [0, 0.05) is 6.92 Å². The zero-order valence-corrected chi connectivity index (χ0v) is 13.9. The van der Waals surface area contributed by atoms with Crippen molar-refractivity contribution in [2.24, 2.45) is 5.92 Å². The first-order valence-corrected chi connectivity index (χ1v) is 7.35. The number of carbonyl (C=O) groups excluding carboxylic acids is 2. The Morgan fingerprint density at radius 2 is 1.84 bits per heavy atom. The standard InChI is InChI=1S/C14H19F5O6/c1-5-7(2)10(21)23-6-9-11(4,24-8(3)20)12(15,16)13(22,25-9)14(17,18)19/h7,9,22H,5-6H2,1-4H3. The van der Waals surface area contributed by atoms with E-state index in [1.54, 1.807) is 6.92 Å². The third-order valence-corrected chi connectivity index (χ3v) is 4.11. The van der Waals surface area contributed by atoms with Crippen LogP contribution >= 0.6 is 0 Å². The average molecular weight is 378 g/mol. The van der Waals surface area contributed by atoms with Crippen molar-refractivity contribution in [3.63, 3.8) is 0 Å². The highest BCUT2D eigenvalue weighted by Gasteiger charge is 2.85. The molecule has 1 N–H and O–H groups in total. The Bertz CT molecular complexity index is 536. The van der Waals surface area contributed by atoms with Crippen LogP contribution < -0.4 is 0 Å². The molecule has 11 heteroatoms. The third-order valence-electron chi connectivity index (χ3n) is 4.11. The lowest BCUT2D eigenvalue weighted by atomic mass is 9.89. The molecule has 0 aromatic heterocycles. The first-order valence-electron chi connectivity index (χ1n) is 7.35. The SMILES string of the molecule is CCC(C)C(=O)OCC1OC(O)(C(F)(F)F)C(F)(F)C1(C)OC(C)=O. The van der Waals surface area contributed by atoms with Gasteiger partial charge in [-0.3, -0.25) is 9.59 Å². The fourth-order valence-corrected chi connectivity index (χ4v) is 2.26. The molecule has 1 rings (SSSR count). The van der Waals surface area contributed by atoms with Crippen LogP contribution in [0.1, 0.15) is 34.1 Å². The lowest BCUT2D eigenvalue weighted by molar-refractivity contribution is -0.412. The largest absolute Gasteiger partial charge is 0.463 e. The fraction of sp³-hybridized carbons (Fsp3) is 0.857. The van der Waals surface area contributed by atoms with Gasteiger partial charge in [0.2, 0.25) is 5.60 Å². The number of ether oxygens (including phenoxy) is 3. The van der Waals surface area contributed by atoms with E-state index >= 15 is 0 Å². The molecule has 1 aliphatic rings. The Kier molecular flexibility index (Phi) is 5.75. The van der Waals surface area contributed by atoms with Crippen molar-refractivity contribution in [2.45, 2.75) is 63.7 Å². The topological polar surface area (TPSA) is 82.1 Å². The molecule has 6 nitrogen and oxygen atoms in total. The van der Waals surface area contributed by atoms with Gasteiger partial charge in [0.25, 0.3) is 0 Å². The maximum Gasteiger partial charge on any atom is 0.449 e. The number of esters is 2. The summed E-state index contributed by atoms with van der Waals surface area (Å²) >= 11 is 0. The van der Waals surface area contributed by atoms with Gasteiger partial charge in [-0.05, 0) is 13.3 Å². The first-order chi connectivity index (χ1) is 11.1. The van der Waals surface area contributed by atoms with Gasteiger partial charge in [-0.25, -0.2) is 0 Å². The zero-order chi connectivity index (χ0) is 19.8. The second kappa shape index (κ2) is 6.67. The highest BCUT2D eigenvalue weighted by atomic mass is 19.4. The molecule has 0 aromatic carbocycles. The maximum atomic E-state index is 14.4. The number of hydrogen-bond donors (Lipinski definition) is 1. The molecule has 0 amide bonds. The number of aliphatic hydroxyl groups is 1. The number of halogens is 5. The van der Waals surface area contributed by atoms with Gasteiger partial charge < -0.3 is 19.3 Å². The molecule has 0 bridgehead atoms. The molecule has 4 unspecified atom stereocenters. The van der Waals surface area contributed by atoms with Crippen LogP contribution in [0, 0.1) is 5.92 Å². The molecule has 1 aliphatic heterocycles. The minimum Gasteiger partial charge on any atom is -0.463 e. The monoisotopic (exact) mass is 378 g/mol. The minimum atomic E-state index is -5.90. The number of alkyl halides is 5. The molecule has 0 spiro atoms. The molecule has 0 aromatic rings. The van der Waals surface area contributed by atoms with Crippen LogP contribution in [0.2, 0.25) is 0 Å². The molecule has 0 aliphatic carbocycles. The Morgan fingerprint density at radius 3 is 2.24 bits per heavy atom. The van der Waals surface area contributed by atoms with Crippen molar-refractivity contribution in [2.75, 3.05) is 6.61 Å². The quantitative estimate of drug-likeness (QED) is 0.583. The van der Waals surface area contributed by atoms with Crippen molar-refractivity contribution >= 4 is 11.9 Å². The van der Waals surface area contributed by atoms with E-state index in [2.05, 4.69) is 14.2 Å². The summed E-state index contributed by atoms with van der Waals surface area (Å²) in [4.78, 5) is 22.7. The van der Waals surface area contributed by atoms with Crippen LogP contribution in [0.25, 0.3) is 0 Å². The van der Waals surface area contributed by atoms with Crippen LogP contribution in [0.5, 0.6) is 0 Å². The molecule has 0 saturated carbocycles.